The quantitative estimate of drug-likeness (QED) is 0.802. The average molecular weight is 228 g/mol. The Bertz CT molecular complexity index is 382. The highest BCUT2D eigenvalue weighted by Gasteiger charge is 2.16. The molecule has 0 heterocycles. The molecule has 0 aliphatic carbocycles. The van der Waals surface area contributed by atoms with Gasteiger partial charge in [-0.05, 0) is 24.1 Å². The zero-order chi connectivity index (χ0) is 12.1. The summed E-state index contributed by atoms with van der Waals surface area (Å²) in [6.45, 7) is 0.165. The molecular formula is C11H14F2N2O. The highest BCUT2D eigenvalue weighted by atomic mass is 19.2. The number of nitrogens with two attached hydrogens (primary N) is 1. The molecule has 0 radical (unpaired) electrons. The molecule has 1 atom stereocenters. The van der Waals surface area contributed by atoms with E-state index in [0.717, 1.165) is 12.1 Å². The molecule has 0 fully saturated rings. The van der Waals surface area contributed by atoms with E-state index >= 15 is 0 Å². The van der Waals surface area contributed by atoms with Gasteiger partial charge < -0.3 is 11.1 Å². The lowest BCUT2D eigenvalue weighted by atomic mass is 9.98. The van der Waals surface area contributed by atoms with Crippen LogP contribution in [-0.2, 0) is 11.2 Å². The van der Waals surface area contributed by atoms with E-state index in [2.05, 4.69) is 5.32 Å². The molecule has 0 aliphatic rings. The van der Waals surface area contributed by atoms with E-state index in [1.54, 1.807) is 0 Å². The minimum atomic E-state index is -0.912. The number of carbonyl (C=O) groups is 1. The lowest BCUT2D eigenvalue weighted by Gasteiger charge is -2.13. The van der Waals surface area contributed by atoms with Gasteiger partial charge in [0.05, 0.1) is 5.92 Å². The summed E-state index contributed by atoms with van der Waals surface area (Å²) >= 11 is 0. The van der Waals surface area contributed by atoms with Crippen molar-refractivity contribution in [3.05, 3.63) is 35.4 Å². The molecule has 0 spiro atoms. The lowest BCUT2D eigenvalue weighted by molar-refractivity contribution is -0.124. The van der Waals surface area contributed by atoms with Crippen LogP contribution in [0.15, 0.2) is 18.2 Å². The highest BCUT2D eigenvalue weighted by molar-refractivity contribution is 5.78. The van der Waals surface area contributed by atoms with Crippen LogP contribution in [0.5, 0.6) is 0 Å². The van der Waals surface area contributed by atoms with E-state index < -0.39 is 17.6 Å². The molecule has 0 saturated heterocycles. The van der Waals surface area contributed by atoms with Gasteiger partial charge in [-0.15, -0.1) is 0 Å². The third-order valence-corrected chi connectivity index (χ3v) is 2.37. The van der Waals surface area contributed by atoms with Crippen molar-refractivity contribution in [2.45, 2.75) is 6.42 Å². The molecule has 0 saturated carbocycles. The van der Waals surface area contributed by atoms with E-state index in [-0.39, 0.29) is 12.5 Å². The molecule has 1 aromatic carbocycles. The number of rotatable bonds is 4. The van der Waals surface area contributed by atoms with Crippen LogP contribution in [0.3, 0.4) is 0 Å². The molecule has 1 amide bonds. The normalized spacial score (nSPS) is 12.2. The van der Waals surface area contributed by atoms with Crippen LogP contribution in [0.1, 0.15) is 5.56 Å². The van der Waals surface area contributed by atoms with Gasteiger partial charge in [0.1, 0.15) is 0 Å². The summed E-state index contributed by atoms with van der Waals surface area (Å²) in [5.41, 5.74) is 5.99. The smallest absolute Gasteiger partial charge is 0.224 e. The Kier molecular flexibility index (Phi) is 4.37. The lowest BCUT2D eigenvalue weighted by Crippen LogP contribution is -2.34. The summed E-state index contributed by atoms with van der Waals surface area (Å²) in [6.07, 6.45) is 0.299. The first-order chi connectivity index (χ1) is 7.58. The summed E-state index contributed by atoms with van der Waals surface area (Å²) in [6, 6.07) is 3.58. The van der Waals surface area contributed by atoms with Gasteiger partial charge in [-0.3, -0.25) is 4.79 Å². The fourth-order valence-electron chi connectivity index (χ4n) is 1.44. The first-order valence-corrected chi connectivity index (χ1v) is 4.94. The van der Waals surface area contributed by atoms with Gasteiger partial charge in [0.15, 0.2) is 11.6 Å². The number of carbonyl (C=O) groups excluding carboxylic acids is 1. The van der Waals surface area contributed by atoms with Crippen molar-refractivity contribution in [1.29, 1.82) is 0 Å². The first kappa shape index (κ1) is 12.6. The minimum Gasteiger partial charge on any atom is -0.359 e. The molecule has 0 aromatic heterocycles. The van der Waals surface area contributed by atoms with Crippen LogP contribution in [0.2, 0.25) is 0 Å². The van der Waals surface area contributed by atoms with Crippen molar-refractivity contribution in [1.82, 2.24) is 5.32 Å². The Balaban J connectivity index is 2.78. The summed E-state index contributed by atoms with van der Waals surface area (Å²) in [5, 5.41) is 2.48. The SMILES string of the molecule is CNC(=O)C(CN)Cc1ccc(F)c(F)c1. The molecule has 3 nitrogen and oxygen atoms in total. The second-order valence-corrected chi connectivity index (χ2v) is 3.50. The van der Waals surface area contributed by atoms with Crippen LogP contribution in [-0.4, -0.2) is 19.5 Å². The molecule has 1 aromatic rings. The second kappa shape index (κ2) is 5.55. The number of benzene rings is 1. The zero-order valence-electron chi connectivity index (χ0n) is 8.97. The zero-order valence-corrected chi connectivity index (χ0v) is 8.97. The fourth-order valence-corrected chi connectivity index (χ4v) is 1.44. The molecule has 1 unspecified atom stereocenters. The van der Waals surface area contributed by atoms with Crippen molar-refractivity contribution >= 4 is 5.91 Å². The van der Waals surface area contributed by atoms with E-state index in [9.17, 15) is 13.6 Å². The Labute approximate surface area is 92.6 Å². The van der Waals surface area contributed by atoms with Gasteiger partial charge in [0.2, 0.25) is 5.91 Å². The van der Waals surface area contributed by atoms with Gasteiger partial charge in [-0.25, -0.2) is 8.78 Å². The predicted molar refractivity (Wildman–Crippen MR) is 56.7 cm³/mol. The third kappa shape index (κ3) is 3.00. The number of hydrogen-bond donors (Lipinski definition) is 2. The van der Waals surface area contributed by atoms with Crippen LogP contribution in [0.4, 0.5) is 8.78 Å². The average Bonchev–Trinajstić information content (AvgIpc) is 2.29. The van der Waals surface area contributed by atoms with Crippen LogP contribution in [0.25, 0.3) is 0 Å². The Morgan fingerprint density at radius 2 is 2.12 bits per heavy atom. The van der Waals surface area contributed by atoms with Gasteiger partial charge >= 0.3 is 0 Å². The summed E-state index contributed by atoms with van der Waals surface area (Å²) in [7, 11) is 1.51. The molecule has 1 rings (SSSR count). The second-order valence-electron chi connectivity index (χ2n) is 3.50. The summed E-state index contributed by atoms with van der Waals surface area (Å²) < 4.78 is 25.6. The molecule has 5 heteroatoms. The Morgan fingerprint density at radius 1 is 1.44 bits per heavy atom. The number of hydrogen-bond acceptors (Lipinski definition) is 2. The predicted octanol–water partition coefficient (Wildman–Crippen LogP) is 0.828. The largest absolute Gasteiger partial charge is 0.359 e. The van der Waals surface area contributed by atoms with Crippen molar-refractivity contribution < 1.29 is 13.6 Å². The van der Waals surface area contributed by atoms with Crippen LogP contribution >= 0.6 is 0 Å². The first-order valence-electron chi connectivity index (χ1n) is 4.94. The van der Waals surface area contributed by atoms with Crippen molar-refractivity contribution in [3.8, 4) is 0 Å². The van der Waals surface area contributed by atoms with Crippen LogP contribution < -0.4 is 11.1 Å². The van der Waals surface area contributed by atoms with Crippen molar-refractivity contribution in [3.63, 3.8) is 0 Å². The van der Waals surface area contributed by atoms with Crippen molar-refractivity contribution in [2.24, 2.45) is 11.7 Å². The minimum absolute atomic E-state index is 0.165. The molecule has 16 heavy (non-hydrogen) atoms. The summed E-state index contributed by atoms with van der Waals surface area (Å²) in [4.78, 5) is 11.3. The Hall–Kier alpha value is -1.49. The fraction of sp³-hybridized carbons (Fsp3) is 0.364. The van der Waals surface area contributed by atoms with Gasteiger partial charge in [0.25, 0.3) is 0 Å². The van der Waals surface area contributed by atoms with E-state index in [4.69, 9.17) is 5.73 Å². The molecular weight excluding hydrogens is 214 g/mol. The number of amides is 1. The van der Waals surface area contributed by atoms with E-state index in [0.29, 0.717) is 12.0 Å². The van der Waals surface area contributed by atoms with Gasteiger partial charge in [-0.2, -0.15) is 0 Å². The Morgan fingerprint density at radius 3 is 2.62 bits per heavy atom. The maximum absolute atomic E-state index is 12.9. The van der Waals surface area contributed by atoms with E-state index in [1.165, 1.54) is 13.1 Å². The molecule has 0 aliphatic heterocycles. The van der Waals surface area contributed by atoms with E-state index in [1.807, 2.05) is 0 Å². The monoisotopic (exact) mass is 228 g/mol. The molecule has 88 valence electrons. The molecule has 0 bridgehead atoms. The van der Waals surface area contributed by atoms with Gasteiger partial charge in [-0.1, -0.05) is 6.07 Å². The molecule has 3 N–H and O–H groups in total. The topological polar surface area (TPSA) is 55.1 Å². The van der Waals surface area contributed by atoms with Crippen molar-refractivity contribution in [2.75, 3.05) is 13.6 Å². The maximum Gasteiger partial charge on any atom is 0.224 e. The number of nitrogens with one attached hydrogen (secondary N) is 1. The summed E-state index contributed by atoms with van der Waals surface area (Å²) in [5.74, 6) is -2.43. The van der Waals surface area contributed by atoms with Gasteiger partial charge in [0, 0.05) is 13.6 Å². The highest BCUT2D eigenvalue weighted by Crippen LogP contribution is 2.12. The third-order valence-electron chi connectivity index (χ3n) is 2.37. The maximum atomic E-state index is 12.9. The number of halogens is 2. The standard InChI is InChI=1S/C11H14F2N2O/c1-15-11(16)8(6-14)4-7-2-3-9(12)10(13)5-7/h2-3,5,8H,4,6,14H2,1H3,(H,15,16). The van der Waals surface area contributed by atoms with Crippen LogP contribution in [0, 0.1) is 17.6 Å².